The number of nitrogens with one attached hydrogen (secondary N) is 2. The van der Waals surface area contributed by atoms with E-state index < -0.39 is 0 Å². The molecule has 0 aliphatic heterocycles. The number of nitrogens with zero attached hydrogens (tertiary/aromatic N) is 1. The normalized spacial score (nSPS) is 12.7. The number of primary amides is 1. The molecule has 0 radical (unpaired) electrons. The standard InChI is InChI=1S/C14H20N4OS/c1-3-16-11(13(15)19)6-7-20-14-17-10-5-4-9(2)8-12(10)18-14/h4-5,8,11,16H,3,6-7H2,1-2H3,(H2,15,19)(H,17,18). The van der Waals surface area contributed by atoms with Gasteiger partial charge in [0.2, 0.25) is 5.91 Å². The number of thioether (sulfide) groups is 1. The lowest BCUT2D eigenvalue weighted by Crippen LogP contribution is -2.41. The highest BCUT2D eigenvalue weighted by atomic mass is 32.2. The van der Waals surface area contributed by atoms with E-state index in [1.165, 1.54) is 5.56 Å². The highest BCUT2D eigenvalue weighted by Gasteiger charge is 2.13. The van der Waals surface area contributed by atoms with Crippen LogP contribution in [0.2, 0.25) is 0 Å². The quantitative estimate of drug-likeness (QED) is 0.680. The Labute approximate surface area is 122 Å². The number of imidazole rings is 1. The fourth-order valence-corrected chi connectivity index (χ4v) is 2.93. The Morgan fingerprint density at radius 3 is 3.05 bits per heavy atom. The van der Waals surface area contributed by atoms with Crippen molar-refractivity contribution in [3.05, 3.63) is 23.8 Å². The molecule has 4 N–H and O–H groups in total. The second-order valence-electron chi connectivity index (χ2n) is 4.71. The van der Waals surface area contributed by atoms with Crippen LogP contribution in [0, 0.1) is 6.92 Å². The van der Waals surface area contributed by atoms with E-state index in [-0.39, 0.29) is 11.9 Å². The van der Waals surface area contributed by atoms with Crippen molar-refractivity contribution in [3.8, 4) is 0 Å². The molecule has 1 aromatic carbocycles. The van der Waals surface area contributed by atoms with Gasteiger partial charge < -0.3 is 16.0 Å². The molecule has 2 rings (SSSR count). The van der Waals surface area contributed by atoms with E-state index in [4.69, 9.17) is 5.73 Å². The monoisotopic (exact) mass is 292 g/mol. The first-order valence-electron chi connectivity index (χ1n) is 6.72. The van der Waals surface area contributed by atoms with Gasteiger partial charge in [0, 0.05) is 5.75 Å². The van der Waals surface area contributed by atoms with Gasteiger partial charge in [0.05, 0.1) is 17.1 Å². The van der Waals surface area contributed by atoms with Gasteiger partial charge in [-0.15, -0.1) is 0 Å². The van der Waals surface area contributed by atoms with E-state index in [1.54, 1.807) is 11.8 Å². The van der Waals surface area contributed by atoms with E-state index in [0.29, 0.717) is 6.42 Å². The molecule has 6 heteroatoms. The van der Waals surface area contributed by atoms with Gasteiger partial charge in [-0.2, -0.15) is 0 Å². The SMILES string of the molecule is CCNC(CCSc1nc2ccc(C)cc2[nH]1)C(N)=O. The van der Waals surface area contributed by atoms with Crippen LogP contribution in [0.25, 0.3) is 11.0 Å². The first-order chi connectivity index (χ1) is 9.60. The summed E-state index contributed by atoms with van der Waals surface area (Å²) in [5, 5.41) is 3.96. The molecule has 1 aromatic heterocycles. The molecule has 20 heavy (non-hydrogen) atoms. The average Bonchev–Trinajstić information content (AvgIpc) is 2.79. The number of H-pyrrole nitrogens is 1. The number of benzene rings is 1. The maximum atomic E-state index is 11.2. The zero-order valence-corrected chi connectivity index (χ0v) is 12.6. The molecule has 0 aliphatic carbocycles. The zero-order chi connectivity index (χ0) is 14.5. The highest BCUT2D eigenvalue weighted by molar-refractivity contribution is 7.99. The third-order valence-electron chi connectivity index (χ3n) is 3.05. The van der Waals surface area contributed by atoms with E-state index in [1.807, 2.05) is 19.1 Å². The number of aryl methyl sites for hydroxylation is 1. The van der Waals surface area contributed by atoms with Crippen molar-refractivity contribution < 1.29 is 4.79 Å². The van der Waals surface area contributed by atoms with Crippen molar-refractivity contribution >= 4 is 28.7 Å². The molecular weight excluding hydrogens is 272 g/mol. The zero-order valence-electron chi connectivity index (χ0n) is 11.8. The number of nitrogens with two attached hydrogens (primary N) is 1. The number of aromatic nitrogens is 2. The predicted molar refractivity (Wildman–Crippen MR) is 82.8 cm³/mol. The minimum atomic E-state index is -0.298. The molecule has 5 nitrogen and oxygen atoms in total. The number of amides is 1. The number of hydrogen-bond donors (Lipinski definition) is 3. The van der Waals surface area contributed by atoms with Crippen molar-refractivity contribution in [2.45, 2.75) is 31.5 Å². The molecule has 0 bridgehead atoms. The maximum absolute atomic E-state index is 11.2. The fourth-order valence-electron chi connectivity index (χ4n) is 2.03. The van der Waals surface area contributed by atoms with Crippen LogP contribution in [0.15, 0.2) is 23.4 Å². The van der Waals surface area contributed by atoms with Crippen LogP contribution in [0.1, 0.15) is 18.9 Å². The smallest absolute Gasteiger partial charge is 0.234 e. The van der Waals surface area contributed by atoms with Crippen molar-refractivity contribution in [2.75, 3.05) is 12.3 Å². The van der Waals surface area contributed by atoms with Gasteiger partial charge in [0.15, 0.2) is 5.16 Å². The number of aromatic amines is 1. The molecule has 0 spiro atoms. The molecular formula is C14H20N4OS. The first kappa shape index (κ1) is 14.9. The summed E-state index contributed by atoms with van der Waals surface area (Å²) in [6, 6.07) is 5.87. The summed E-state index contributed by atoms with van der Waals surface area (Å²) in [4.78, 5) is 19.0. The van der Waals surface area contributed by atoms with Gasteiger partial charge in [-0.3, -0.25) is 4.79 Å². The Bertz CT molecular complexity index is 596. The van der Waals surface area contributed by atoms with Crippen LogP contribution < -0.4 is 11.1 Å². The van der Waals surface area contributed by atoms with Gasteiger partial charge in [-0.1, -0.05) is 24.8 Å². The number of likely N-dealkylation sites (N-methyl/N-ethyl adjacent to an activating group) is 1. The third-order valence-corrected chi connectivity index (χ3v) is 3.96. The Morgan fingerprint density at radius 1 is 1.55 bits per heavy atom. The summed E-state index contributed by atoms with van der Waals surface area (Å²) >= 11 is 1.61. The number of carbonyl (C=O) groups excluding carboxylic acids is 1. The van der Waals surface area contributed by atoms with Crippen LogP contribution in [-0.2, 0) is 4.79 Å². The third kappa shape index (κ3) is 3.74. The Balaban J connectivity index is 1.93. The number of rotatable bonds is 7. The van der Waals surface area contributed by atoms with Gasteiger partial charge in [0.1, 0.15) is 0 Å². The second-order valence-corrected chi connectivity index (χ2v) is 5.80. The molecule has 0 fully saturated rings. The number of hydrogen-bond acceptors (Lipinski definition) is 4. The first-order valence-corrected chi connectivity index (χ1v) is 7.70. The lowest BCUT2D eigenvalue weighted by atomic mass is 10.2. The summed E-state index contributed by atoms with van der Waals surface area (Å²) in [5.74, 6) is 0.493. The van der Waals surface area contributed by atoms with Gasteiger partial charge in [0.25, 0.3) is 0 Å². The lowest BCUT2D eigenvalue weighted by Gasteiger charge is -2.12. The van der Waals surface area contributed by atoms with Crippen LogP contribution >= 0.6 is 11.8 Å². The van der Waals surface area contributed by atoms with Crippen molar-refractivity contribution in [1.29, 1.82) is 0 Å². The van der Waals surface area contributed by atoms with Crippen molar-refractivity contribution in [2.24, 2.45) is 5.73 Å². The number of carbonyl (C=O) groups is 1. The molecule has 1 heterocycles. The Kier molecular flexibility index (Phi) is 5.03. The Morgan fingerprint density at radius 2 is 2.35 bits per heavy atom. The fraction of sp³-hybridized carbons (Fsp3) is 0.429. The summed E-state index contributed by atoms with van der Waals surface area (Å²) < 4.78 is 0. The van der Waals surface area contributed by atoms with E-state index in [9.17, 15) is 4.79 Å². The van der Waals surface area contributed by atoms with Gasteiger partial charge in [-0.25, -0.2) is 4.98 Å². The summed E-state index contributed by atoms with van der Waals surface area (Å²) in [5.41, 5.74) is 8.57. The Hall–Kier alpha value is -1.53. The van der Waals surface area contributed by atoms with Crippen LogP contribution in [0.3, 0.4) is 0 Å². The summed E-state index contributed by atoms with van der Waals surface area (Å²) in [6.07, 6.45) is 0.698. The molecule has 0 aliphatic rings. The van der Waals surface area contributed by atoms with Crippen LogP contribution in [-0.4, -0.2) is 34.2 Å². The van der Waals surface area contributed by atoms with Crippen LogP contribution in [0.4, 0.5) is 0 Å². The molecule has 0 saturated carbocycles. The molecule has 0 saturated heterocycles. The van der Waals surface area contributed by atoms with Gasteiger partial charge in [-0.05, 0) is 37.6 Å². The van der Waals surface area contributed by atoms with E-state index >= 15 is 0 Å². The second kappa shape index (κ2) is 6.76. The van der Waals surface area contributed by atoms with E-state index in [2.05, 4.69) is 28.3 Å². The van der Waals surface area contributed by atoms with Crippen molar-refractivity contribution in [1.82, 2.24) is 15.3 Å². The molecule has 1 atom stereocenters. The number of fused-ring (bicyclic) bond motifs is 1. The minimum absolute atomic E-state index is 0.265. The highest BCUT2D eigenvalue weighted by Crippen LogP contribution is 2.21. The predicted octanol–water partition coefficient (Wildman–Crippen LogP) is 1.82. The molecule has 2 aromatic rings. The molecule has 1 unspecified atom stereocenters. The van der Waals surface area contributed by atoms with Crippen molar-refractivity contribution in [3.63, 3.8) is 0 Å². The van der Waals surface area contributed by atoms with E-state index in [0.717, 1.165) is 28.5 Å². The average molecular weight is 292 g/mol. The summed E-state index contributed by atoms with van der Waals surface area (Å²) in [7, 11) is 0. The van der Waals surface area contributed by atoms with Crippen LogP contribution in [0.5, 0.6) is 0 Å². The summed E-state index contributed by atoms with van der Waals surface area (Å²) in [6.45, 7) is 4.76. The molecule has 108 valence electrons. The minimum Gasteiger partial charge on any atom is -0.368 e. The van der Waals surface area contributed by atoms with Gasteiger partial charge >= 0.3 is 0 Å². The maximum Gasteiger partial charge on any atom is 0.234 e. The lowest BCUT2D eigenvalue weighted by molar-refractivity contribution is -0.120. The molecule has 1 amide bonds. The largest absolute Gasteiger partial charge is 0.368 e. The topological polar surface area (TPSA) is 83.8 Å².